The highest BCUT2D eigenvalue weighted by Crippen LogP contribution is 2.29. The van der Waals surface area contributed by atoms with Gasteiger partial charge in [0, 0.05) is 6.42 Å². The first-order valence-corrected chi connectivity index (χ1v) is 7.50. The molecule has 3 rings (SSSR count). The summed E-state index contributed by atoms with van der Waals surface area (Å²) in [4.78, 5) is 4.60. The number of para-hydroxylation sites is 1. The smallest absolute Gasteiger partial charge is 0.0970 e. The molecule has 3 aromatic rings. The molecule has 0 fully saturated rings. The van der Waals surface area contributed by atoms with E-state index in [1.54, 1.807) is 11.3 Å². The molecule has 1 N–H and O–H groups in total. The van der Waals surface area contributed by atoms with Crippen molar-refractivity contribution < 1.29 is 5.11 Å². The van der Waals surface area contributed by atoms with E-state index in [0.717, 1.165) is 16.1 Å². The topological polar surface area (TPSA) is 33.1 Å². The van der Waals surface area contributed by atoms with Crippen molar-refractivity contribution >= 4 is 21.6 Å². The fourth-order valence-electron chi connectivity index (χ4n) is 2.30. The van der Waals surface area contributed by atoms with Crippen molar-refractivity contribution in [3.05, 3.63) is 64.7 Å². The molecule has 20 heavy (non-hydrogen) atoms. The van der Waals surface area contributed by atoms with Gasteiger partial charge in [-0.2, -0.15) is 0 Å². The molecule has 1 heterocycles. The number of benzene rings is 2. The van der Waals surface area contributed by atoms with Crippen molar-refractivity contribution in [2.75, 3.05) is 0 Å². The van der Waals surface area contributed by atoms with Crippen LogP contribution in [0.15, 0.2) is 48.5 Å². The third-order valence-corrected chi connectivity index (χ3v) is 4.54. The Labute approximate surface area is 122 Å². The molecule has 0 aliphatic carbocycles. The molecule has 3 heteroatoms. The van der Waals surface area contributed by atoms with E-state index in [2.05, 4.69) is 11.1 Å². The molecule has 0 aliphatic heterocycles. The summed E-state index contributed by atoms with van der Waals surface area (Å²) in [7, 11) is 0. The predicted molar refractivity (Wildman–Crippen MR) is 84.1 cm³/mol. The van der Waals surface area contributed by atoms with Gasteiger partial charge in [-0.3, -0.25) is 0 Å². The van der Waals surface area contributed by atoms with E-state index in [9.17, 15) is 5.11 Å². The van der Waals surface area contributed by atoms with Crippen LogP contribution in [0.5, 0.6) is 0 Å². The average molecular weight is 283 g/mol. The van der Waals surface area contributed by atoms with Crippen molar-refractivity contribution in [1.29, 1.82) is 0 Å². The molecule has 1 unspecified atom stereocenters. The lowest BCUT2D eigenvalue weighted by Crippen LogP contribution is -2.24. The summed E-state index contributed by atoms with van der Waals surface area (Å²) in [6.45, 7) is 3.90. The van der Waals surface area contributed by atoms with Gasteiger partial charge in [-0.1, -0.05) is 42.0 Å². The molecule has 0 saturated heterocycles. The van der Waals surface area contributed by atoms with Gasteiger partial charge < -0.3 is 5.11 Å². The third-order valence-electron chi connectivity index (χ3n) is 3.51. The summed E-state index contributed by atoms with van der Waals surface area (Å²) in [6, 6.07) is 16.1. The maximum absolute atomic E-state index is 10.7. The first kappa shape index (κ1) is 13.3. The molecule has 2 aromatic carbocycles. The van der Waals surface area contributed by atoms with Crippen LogP contribution in [0.1, 0.15) is 23.1 Å². The quantitative estimate of drug-likeness (QED) is 0.786. The lowest BCUT2D eigenvalue weighted by atomic mass is 9.92. The highest BCUT2D eigenvalue weighted by molar-refractivity contribution is 7.18. The molecular weight excluding hydrogens is 266 g/mol. The van der Waals surface area contributed by atoms with Crippen LogP contribution in [-0.2, 0) is 12.0 Å². The van der Waals surface area contributed by atoms with Gasteiger partial charge in [-0.15, -0.1) is 11.3 Å². The zero-order valence-electron chi connectivity index (χ0n) is 11.6. The molecule has 102 valence electrons. The fourth-order valence-corrected chi connectivity index (χ4v) is 3.42. The van der Waals surface area contributed by atoms with E-state index >= 15 is 0 Å². The Morgan fingerprint density at radius 3 is 2.50 bits per heavy atom. The normalized spacial score (nSPS) is 14.3. The predicted octanol–water partition coefficient (Wildman–Crippen LogP) is 4.05. The van der Waals surface area contributed by atoms with Gasteiger partial charge in [0.25, 0.3) is 0 Å². The van der Waals surface area contributed by atoms with E-state index in [1.807, 2.05) is 56.3 Å². The maximum atomic E-state index is 10.7. The molecule has 0 amide bonds. The van der Waals surface area contributed by atoms with E-state index in [-0.39, 0.29) is 0 Å². The van der Waals surface area contributed by atoms with Crippen molar-refractivity contribution in [2.45, 2.75) is 25.9 Å². The standard InChI is InChI=1S/C17H17NOS/c1-12-7-9-13(10-8-12)17(2,19)11-16-18-14-5-3-4-6-15(14)20-16/h3-10,19H,11H2,1-2H3. The van der Waals surface area contributed by atoms with Crippen LogP contribution < -0.4 is 0 Å². The zero-order valence-corrected chi connectivity index (χ0v) is 12.4. The summed E-state index contributed by atoms with van der Waals surface area (Å²) in [5.41, 5.74) is 2.25. The number of aliphatic hydroxyl groups is 1. The Morgan fingerprint density at radius 1 is 1.10 bits per heavy atom. The minimum atomic E-state index is -0.887. The minimum absolute atomic E-state index is 0.537. The molecule has 1 atom stereocenters. The number of aromatic nitrogens is 1. The van der Waals surface area contributed by atoms with Crippen LogP contribution in [0.3, 0.4) is 0 Å². The van der Waals surface area contributed by atoms with Crippen LogP contribution >= 0.6 is 11.3 Å². The van der Waals surface area contributed by atoms with Gasteiger partial charge >= 0.3 is 0 Å². The fraction of sp³-hybridized carbons (Fsp3) is 0.235. The lowest BCUT2D eigenvalue weighted by molar-refractivity contribution is 0.0576. The van der Waals surface area contributed by atoms with Gasteiger partial charge in [-0.25, -0.2) is 4.98 Å². The summed E-state index contributed by atoms with van der Waals surface area (Å²) in [6.07, 6.45) is 0.537. The van der Waals surface area contributed by atoms with Crippen molar-refractivity contribution in [3.8, 4) is 0 Å². The zero-order chi connectivity index (χ0) is 14.2. The summed E-state index contributed by atoms with van der Waals surface area (Å²) >= 11 is 1.65. The average Bonchev–Trinajstić information content (AvgIpc) is 2.80. The van der Waals surface area contributed by atoms with Gasteiger partial charge in [0.15, 0.2) is 0 Å². The number of aryl methyl sites for hydroxylation is 1. The Hall–Kier alpha value is -1.71. The number of nitrogens with zero attached hydrogens (tertiary/aromatic N) is 1. The number of rotatable bonds is 3. The Bertz CT molecular complexity index is 695. The summed E-state index contributed by atoms with van der Waals surface area (Å²) in [5.74, 6) is 0. The lowest BCUT2D eigenvalue weighted by Gasteiger charge is -2.22. The Kier molecular flexibility index (Phi) is 3.32. The second-order valence-electron chi connectivity index (χ2n) is 5.39. The Balaban J connectivity index is 1.90. The van der Waals surface area contributed by atoms with E-state index in [1.165, 1.54) is 10.3 Å². The Morgan fingerprint density at radius 2 is 1.80 bits per heavy atom. The molecule has 0 saturated carbocycles. The highest BCUT2D eigenvalue weighted by Gasteiger charge is 2.25. The largest absolute Gasteiger partial charge is 0.385 e. The van der Waals surface area contributed by atoms with Crippen molar-refractivity contribution in [3.63, 3.8) is 0 Å². The molecule has 0 bridgehead atoms. The van der Waals surface area contributed by atoms with E-state index in [4.69, 9.17) is 0 Å². The van der Waals surface area contributed by atoms with E-state index in [0.29, 0.717) is 6.42 Å². The number of hydrogen-bond donors (Lipinski definition) is 1. The second kappa shape index (κ2) is 5.00. The van der Waals surface area contributed by atoms with Crippen LogP contribution in [0.2, 0.25) is 0 Å². The van der Waals surface area contributed by atoms with Crippen molar-refractivity contribution in [2.24, 2.45) is 0 Å². The summed E-state index contributed by atoms with van der Waals surface area (Å²) in [5, 5.41) is 11.7. The van der Waals surface area contributed by atoms with E-state index < -0.39 is 5.60 Å². The first-order valence-electron chi connectivity index (χ1n) is 6.68. The maximum Gasteiger partial charge on any atom is 0.0970 e. The van der Waals surface area contributed by atoms with Crippen LogP contribution in [0.25, 0.3) is 10.2 Å². The van der Waals surface area contributed by atoms with Crippen LogP contribution in [0.4, 0.5) is 0 Å². The number of thiazole rings is 1. The third kappa shape index (κ3) is 2.60. The molecule has 0 radical (unpaired) electrons. The number of fused-ring (bicyclic) bond motifs is 1. The SMILES string of the molecule is Cc1ccc(C(C)(O)Cc2nc3ccccc3s2)cc1. The highest BCUT2D eigenvalue weighted by atomic mass is 32.1. The van der Waals surface area contributed by atoms with Gasteiger partial charge in [-0.05, 0) is 31.5 Å². The number of hydrogen-bond acceptors (Lipinski definition) is 3. The molecule has 2 nitrogen and oxygen atoms in total. The molecule has 0 spiro atoms. The molecule has 1 aromatic heterocycles. The van der Waals surface area contributed by atoms with Crippen molar-refractivity contribution in [1.82, 2.24) is 4.98 Å². The van der Waals surface area contributed by atoms with Crippen LogP contribution in [0, 0.1) is 6.92 Å². The molecule has 0 aliphatic rings. The van der Waals surface area contributed by atoms with Gasteiger partial charge in [0.1, 0.15) is 0 Å². The summed E-state index contributed by atoms with van der Waals surface area (Å²) < 4.78 is 1.17. The second-order valence-corrected chi connectivity index (χ2v) is 6.51. The molecular formula is C17H17NOS. The minimum Gasteiger partial charge on any atom is -0.385 e. The first-order chi connectivity index (χ1) is 9.54. The van der Waals surface area contributed by atoms with Gasteiger partial charge in [0.05, 0.1) is 20.8 Å². The monoisotopic (exact) mass is 283 g/mol. The van der Waals surface area contributed by atoms with Gasteiger partial charge in [0.2, 0.25) is 0 Å². The van der Waals surface area contributed by atoms with Crippen LogP contribution in [-0.4, -0.2) is 10.1 Å².